The van der Waals surface area contributed by atoms with Crippen LogP contribution in [0.25, 0.3) is 0 Å². The molecule has 0 bridgehead atoms. The zero-order valence-electron chi connectivity index (χ0n) is 11.3. The van der Waals surface area contributed by atoms with E-state index in [2.05, 4.69) is 15.7 Å². The van der Waals surface area contributed by atoms with Crippen molar-refractivity contribution in [3.05, 3.63) is 12.3 Å². The van der Waals surface area contributed by atoms with Gasteiger partial charge in [0, 0.05) is 31.6 Å². The summed E-state index contributed by atoms with van der Waals surface area (Å²) in [5.74, 6) is -1.04. The van der Waals surface area contributed by atoms with Crippen molar-refractivity contribution in [1.29, 1.82) is 0 Å². The number of nitrogens with zero attached hydrogens (tertiary/aromatic N) is 2. The molecule has 1 aromatic rings. The molecule has 0 saturated carbocycles. The van der Waals surface area contributed by atoms with Crippen molar-refractivity contribution < 1.29 is 19.5 Å². The van der Waals surface area contributed by atoms with Crippen LogP contribution in [0.4, 0.5) is 5.82 Å². The molecule has 1 aromatic heterocycles. The second-order valence-electron chi connectivity index (χ2n) is 4.15. The number of aliphatic carboxylic acids is 1. The van der Waals surface area contributed by atoms with Gasteiger partial charge in [-0.05, 0) is 13.3 Å². The second kappa shape index (κ2) is 7.93. The lowest BCUT2D eigenvalue weighted by Gasteiger charge is -2.03. The first-order valence-corrected chi connectivity index (χ1v) is 6.33. The molecule has 0 fully saturated rings. The monoisotopic (exact) mass is 282 g/mol. The minimum Gasteiger partial charge on any atom is -0.480 e. The summed E-state index contributed by atoms with van der Waals surface area (Å²) in [4.78, 5) is 33.2. The van der Waals surface area contributed by atoms with Crippen LogP contribution >= 0.6 is 0 Å². The van der Waals surface area contributed by atoms with Crippen LogP contribution in [0.1, 0.15) is 26.2 Å². The number of aromatic nitrogens is 2. The lowest BCUT2D eigenvalue weighted by Crippen LogP contribution is -2.22. The third kappa shape index (κ3) is 5.98. The van der Waals surface area contributed by atoms with Crippen LogP contribution in [0.3, 0.4) is 0 Å². The molecule has 3 N–H and O–H groups in total. The van der Waals surface area contributed by atoms with Crippen molar-refractivity contribution in [3.8, 4) is 0 Å². The molecule has 0 radical (unpaired) electrons. The highest BCUT2D eigenvalue weighted by Gasteiger charge is 2.07. The SMILES string of the molecule is CCNC(=O)CCCC(=O)Nc1ccn(CC(=O)O)n1. The number of nitrogens with one attached hydrogen (secondary N) is 2. The van der Waals surface area contributed by atoms with E-state index < -0.39 is 5.97 Å². The van der Waals surface area contributed by atoms with E-state index in [-0.39, 0.29) is 24.8 Å². The van der Waals surface area contributed by atoms with Crippen LogP contribution in [0.5, 0.6) is 0 Å². The Morgan fingerprint density at radius 1 is 1.30 bits per heavy atom. The quantitative estimate of drug-likeness (QED) is 0.631. The van der Waals surface area contributed by atoms with E-state index in [0.717, 1.165) is 0 Å². The lowest BCUT2D eigenvalue weighted by atomic mass is 10.2. The van der Waals surface area contributed by atoms with E-state index >= 15 is 0 Å². The van der Waals surface area contributed by atoms with E-state index in [0.29, 0.717) is 25.2 Å². The molecule has 0 atom stereocenters. The molecule has 0 spiro atoms. The first kappa shape index (κ1) is 15.7. The topological polar surface area (TPSA) is 113 Å². The molecule has 110 valence electrons. The summed E-state index contributed by atoms with van der Waals surface area (Å²) < 4.78 is 1.21. The predicted molar refractivity (Wildman–Crippen MR) is 71.0 cm³/mol. The zero-order valence-corrected chi connectivity index (χ0v) is 11.3. The van der Waals surface area contributed by atoms with Crippen LogP contribution < -0.4 is 10.6 Å². The Bertz CT molecular complexity index is 484. The largest absolute Gasteiger partial charge is 0.480 e. The molecule has 2 amide bonds. The van der Waals surface area contributed by atoms with Gasteiger partial charge in [-0.3, -0.25) is 19.1 Å². The molecular formula is C12H18N4O4. The summed E-state index contributed by atoms with van der Waals surface area (Å²) in [5, 5.41) is 17.7. The molecule has 1 heterocycles. The van der Waals surface area contributed by atoms with Crippen LogP contribution in [0, 0.1) is 0 Å². The first-order valence-electron chi connectivity index (χ1n) is 6.33. The van der Waals surface area contributed by atoms with Crippen LogP contribution in [0.15, 0.2) is 12.3 Å². The number of hydrogen-bond donors (Lipinski definition) is 3. The Hall–Kier alpha value is -2.38. The number of carboxylic acids is 1. The molecule has 0 aromatic carbocycles. The number of rotatable bonds is 8. The van der Waals surface area contributed by atoms with Gasteiger partial charge in [-0.25, -0.2) is 0 Å². The summed E-state index contributed by atoms with van der Waals surface area (Å²) >= 11 is 0. The summed E-state index contributed by atoms with van der Waals surface area (Å²) in [6.45, 7) is 2.15. The average Bonchev–Trinajstić information content (AvgIpc) is 2.75. The zero-order chi connectivity index (χ0) is 15.0. The van der Waals surface area contributed by atoms with Crippen molar-refractivity contribution in [2.24, 2.45) is 0 Å². The van der Waals surface area contributed by atoms with Crippen LogP contribution in [-0.2, 0) is 20.9 Å². The predicted octanol–water partition coefficient (Wildman–Crippen LogP) is 0.213. The van der Waals surface area contributed by atoms with Gasteiger partial charge in [-0.1, -0.05) is 0 Å². The Balaban J connectivity index is 2.30. The van der Waals surface area contributed by atoms with E-state index in [9.17, 15) is 14.4 Å². The standard InChI is InChI=1S/C12H18N4O4/c1-2-13-10(17)4-3-5-11(18)14-9-6-7-16(15-9)8-12(19)20/h6-7H,2-5,8H2,1H3,(H,13,17)(H,19,20)(H,14,15,18). The molecule has 0 aliphatic carbocycles. The van der Waals surface area contributed by atoms with Gasteiger partial charge in [-0.2, -0.15) is 5.10 Å². The molecule has 0 aliphatic heterocycles. The van der Waals surface area contributed by atoms with Gasteiger partial charge in [0.05, 0.1) is 0 Å². The molecule has 8 nitrogen and oxygen atoms in total. The molecule has 8 heteroatoms. The molecule has 0 aliphatic rings. The maximum atomic E-state index is 11.6. The number of carboxylic acid groups (broad SMARTS) is 1. The maximum absolute atomic E-state index is 11.6. The molecular weight excluding hydrogens is 264 g/mol. The van der Waals surface area contributed by atoms with E-state index in [1.807, 2.05) is 6.92 Å². The van der Waals surface area contributed by atoms with Crippen molar-refractivity contribution in [2.45, 2.75) is 32.7 Å². The Labute approximate surface area is 116 Å². The normalized spacial score (nSPS) is 10.1. The highest BCUT2D eigenvalue weighted by Crippen LogP contribution is 2.04. The fraction of sp³-hybridized carbons (Fsp3) is 0.500. The number of anilines is 1. The van der Waals surface area contributed by atoms with Crippen molar-refractivity contribution >= 4 is 23.6 Å². The van der Waals surface area contributed by atoms with Gasteiger partial charge in [-0.15, -0.1) is 0 Å². The van der Waals surface area contributed by atoms with Gasteiger partial charge in [0.25, 0.3) is 0 Å². The van der Waals surface area contributed by atoms with Crippen molar-refractivity contribution in [2.75, 3.05) is 11.9 Å². The fourth-order valence-corrected chi connectivity index (χ4v) is 1.56. The number of amides is 2. The average molecular weight is 282 g/mol. The van der Waals surface area contributed by atoms with Gasteiger partial charge in [0.1, 0.15) is 6.54 Å². The molecule has 20 heavy (non-hydrogen) atoms. The summed E-state index contributed by atoms with van der Waals surface area (Å²) in [7, 11) is 0. The van der Waals surface area contributed by atoms with Crippen LogP contribution in [-0.4, -0.2) is 39.2 Å². The third-order valence-electron chi connectivity index (χ3n) is 2.39. The van der Waals surface area contributed by atoms with Gasteiger partial charge < -0.3 is 15.7 Å². The van der Waals surface area contributed by atoms with Crippen molar-refractivity contribution in [3.63, 3.8) is 0 Å². The summed E-state index contributed by atoms with van der Waals surface area (Å²) in [6.07, 6.45) is 2.43. The molecule has 1 rings (SSSR count). The van der Waals surface area contributed by atoms with Gasteiger partial charge in [0.15, 0.2) is 5.82 Å². The Morgan fingerprint density at radius 3 is 2.65 bits per heavy atom. The number of carbonyl (C=O) groups is 3. The number of hydrogen-bond acceptors (Lipinski definition) is 4. The van der Waals surface area contributed by atoms with Crippen molar-refractivity contribution in [1.82, 2.24) is 15.1 Å². The fourth-order valence-electron chi connectivity index (χ4n) is 1.56. The Kier molecular flexibility index (Phi) is 6.21. The number of carbonyl (C=O) groups excluding carboxylic acids is 2. The maximum Gasteiger partial charge on any atom is 0.325 e. The van der Waals surface area contributed by atoms with Crippen LogP contribution in [0.2, 0.25) is 0 Å². The minimum absolute atomic E-state index is 0.0777. The first-order chi connectivity index (χ1) is 9.51. The van der Waals surface area contributed by atoms with E-state index in [4.69, 9.17) is 5.11 Å². The van der Waals surface area contributed by atoms with E-state index in [1.54, 1.807) is 0 Å². The van der Waals surface area contributed by atoms with E-state index in [1.165, 1.54) is 16.9 Å². The highest BCUT2D eigenvalue weighted by molar-refractivity contribution is 5.90. The van der Waals surface area contributed by atoms with Gasteiger partial charge in [0.2, 0.25) is 11.8 Å². The smallest absolute Gasteiger partial charge is 0.325 e. The van der Waals surface area contributed by atoms with Gasteiger partial charge >= 0.3 is 5.97 Å². The Morgan fingerprint density at radius 2 is 2.00 bits per heavy atom. The summed E-state index contributed by atoms with van der Waals surface area (Å²) in [6, 6.07) is 1.52. The molecule has 0 saturated heterocycles. The third-order valence-corrected chi connectivity index (χ3v) is 2.39. The summed E-state index contributed by atoms with van der Waals surface area (Å²) in [5.41, 5.74) is 0. The minimum atomic E-state index is -1.01. The highest BCUT2D eigenvalue weighted by atomic mass is 16.4. The lowest BCUT2D eigenvalue weighted by molar-refractivity contribution is -0.137. The molecule has 0 unspecified atom stereocenters. The second-order valence-corrected chi connectivity index (χ2v) is 4.15.